The smallest absolute Gasteiger partial charge is 0.331 e. The maximum Gasteiger partial charge on any atom is 0.331 e. The van der Waals surface area contributed by atoms with Gasteiger partial charge in [-0.15, -0.1) is 0 Å². The Morgan fingerprint density at radius 3 is 2.84 bits per heavy atom. The molecule has 3 rings (SSSR count). The van der Waals surface area contributed by atoms with Gasteiger partial charge in [-0.2, -0.15) is 4.98 Å². The summed E-state index contributed by atoms with van der Waals surface area (Å²) in [7, 11) is 0. The predicted octanol–water partition coefficient (Wildman–Crippen LogP) is 3.76. The van der Waals surface area contributed by atoms with Crippen molar-refractivity contribution in [2.45, 2.75) is 6.42 Å². The van der Waals surface area contributed by atoms with Crippen LogP contribution in [0.15, 0.2) is 59.3 Å². The van der Waals surface area contributed by atoms with E-state index in [-0.39, 0.29) is 17.9 Å². The number of carbonyl (C=O) groups is 1. The molecule has 0 atom stereocenters. The van der Waals surface area contributed by atoms with E-state index in [1.54, 1.807) is 42.6 Å². The summed E-state index contributed by atoms with van der Waals surface area (Å²) in [5, 5.41) is 13.0. The lowest BCUT2D eigenvalue weighted by Gasteiger charge is -2.06. The maximum atomic E-state index is 10.8. The molecule has 1 N–H and O–H groups in total. The third-order valence-corrected chi connectivity index (χ3v) is 3.47. The number of pyridine rings is 1. The number of carboxylic acids is 1. The van der Waals surface area contributed by atoms with E-state index in [1.165, 1.54) is 0 Å². The molecule has 25 heavy (non-hydrogen) atoms. The van der Waals surface area contributed by atoms with Gasteiger partial charge in [0.2, 0.25) is 17.6 Å². The lowest BCUT2D eigenvalue weighted by atomic mass is 10.2. The molecule has 0 aliphatic heterocycles. The predicted molar refractivity (Wildman–Crippen MR) is 89.5 cm³/mol. The number of benzene rings is 1. The number of hydrogen-bond donors (Lipinski definition) is 1. The zero-order valence-electron chi connectivity index (χ0n) is 12.8. The summed E-state index contributed by atoms with van der Waals surface area (Å²) in [6, 6.07) is 10.3. The lowest BCUT2D eigenvalue weighted by molar-refractivity contribution is -0.132. The van der Waals surface area contributed by atoms with Crippen LogP contribution in [0, 0.1) is 0 Å². The van der Waals surface area contributed by atoms with Gasteiger partial charge < -0.3 is 14.4 Å². The molecule has 0 saturated heterocycles. The van der Waals surface area contributed by atoms with Crippen LogP contribution in [-0.4, -0.2) is 26.2 Å². The Morgan fingerprint density at radius 2 is 2.16 bits per heavy atom. The number of carboxylic acid groups (broad SMARTS) is 1. The second kappa shape index (κ2) is 7.14. The fraction of sp³-hybridized carbons (Fsp3) is 0.0588. The molecule has 2 aromatic heterocycles. The molecule has 0 spiro atoms. The summed E-state index contributed by atoms with van der Waals surface area (Å²) >= 11 is 6.23. The Bertz CT molecular complexity index is 925. The van der Waals surface area contributed by atoms with Crippen LogP contribution in [0.4, 0.5) is 0 Å². The molecule has 8 heteroatoms. The van der Waals surface area contributed by atoms with Crippen LogP contribution < -0.4 is 4.74 Å². The first-order valence-electron chi connectivity index (χ1n) is 7.15. The Hall–Kier alpha value is -3.19. The zero-order valence-corrected chi connectivity index (χ0v) is 13.6. The van der Waals surface area contributed by atoms with Crippen LogP contribution in [0.25, 0.3) is 11.4 Å². The van der Waals surface area contributed by atoms with Crippen LogP contribution >= 0.6 is 11.6 Å². The van der Waals surface area contributed by atoms with Crippen molar-refractivity contribution < 1.29 is 19.2 Å². The second-order valence-corrected chi connectivity index (χ2v) is 5.42. The summed E-state index contributed by atoms with van der Waals surface area (Å²) in [6.45, 7) is 3.43. The molecule has 0 bridgehead atoms. The standard InChI is InChI=1S/C17H12ClN3O4/c1-10(17(22)23)8-15-20-16(21-25-15)11-5-6-13(12(18)9-11)24-14-4-2-3-7-19-14/h2-7,9H,1,8H2,(H,22,23). The van der Waals surface area contributed by atoms with Crippen molar-refractivity contribution in [2.24, 2.45) is 0 Å². The molecule has 0 unspecified atom stereocenters. The van der Waals surface area contributed by atoms with Gasteiger partial charge in [-0.1, -0.05) is 29.4 Å². The SMILES string of the molecule is C=C(Cc1nc(-c2ccc(Oc3ccccn3)c(Cl)c2)no1)C(=O)O. The average Bonchev–Trinajstić information content (AvgIpc) is 3.06. The van der Waals surface area contributed by atoms with Gasteiger partial charge in [-0.25, -0.2) is 9.78 Å². The van der Waals surface area contributed by atoms with E-state index in [4.69, 9.17) is 26.0 Å². The summed E-state index contributed by atoms with van der Waals surface area (Å²) in [6.07, 6.45) is 1.58. The quantitative estimate of drug-likeness (QED) is 0.670. The highest BCUT2D eigenvalue weighted by Gasteiger charge is 2.14. The molecule has 1 aromatic carbocycles. The van der Waals surface area contributed by atoms with Gasteiger partial charge in [0.15, 0.2) is 0 Å². The van der Waals surface area contributed by atoms with Crippen LogP contribution in [0.5, 0.6) is 11.6 Å². The van der Waals surface area contributed by atoms with Crippen molar-refractivity contribution in [2.75, 3.05) is 0 Å². The van der Waals surface area contributed by atoms with Crippen molar-refractivity contribution in [3.8, 4) is 23.0 Å². The fourth-order valence-electron chi connectivity index (χ4n) is 1.94. The fourth-order valence-corrected chi connectivity index (χ4v) is 2.16. The number of nitrogens with zero attached hydrogens (tertiary/aromatic N) is 3. The van der Waals surface area contributed by atoms with E-state index in [0.29, 0.717) is 28.0 Å². The molecule has 7 nitrogen and oxygen atoms in total. The van der Waals surface area contributed by atoms with E-state index >= 15 is 0 Å². The second-order valence-electron chi connectivity index (χ2n) is 5.01. The van der Waals surface area contributed by atoms with Crippen LogP contribution in [0.3, 0.4) is 0 Å². The molecular formula is C17H12ClN3O4. The number of hydrogen-bond acceptors (Lipinski definition) is 6. The van der Waals surface area contributed by atoms with Crippen molar-refractivity contribution in [1.29, 1.82) is 0 Å². The molecule has 0 radical (unpaired) electrons. The molecule has 0 amide bonds. The summed E-state index contributed by atoms with van der Waals surface area (Å²) in [5.74, 6) is 0.198. The van der Waals surface area contributed by atoms with Crippen molar-refractivity contribution in [3.63, 3.8) is 0 Å². The molecule has 0 aliphatic rings. The van der Waals surface area contributed by atoms with E-state index in [9.17, 15) is 4.79 Å². The van der Waals surface area contributed by atoms with E-state index in [1.807, 2.05) is 0 Å². The lowest BCUT2D eigenvalue weighted by Crippen LogP contribution is -2.02. The zero-order chi connectivity index (χ0) is 17.8. The third kappa shape index (κ3) is 4.02. The average molecular weight is 358 g/mol. The normalized spacial score (nSPS) is 10.4. The largest absolute Gasteiger partial charge is 0.478 e. The third-order valence-electron chi connectivity index (χ3n) is 3.18. The monoisotopic (exact) mass is 357 g/mol. The minimum absolute atomic E-state index is 0.0308. The van der Waals surface area contributed by atoms with Crippen molar-refractivity contribution in [1.82, 2.24) is 15.1 Å². The van der Waals surface area contributed by atoms with Gasteiger partial charge in [0.1, 0.15) is 5.75 Å². The minimum atomic E-state index is -1.11. The highest BCUT2D eigenvalue weighted by atomic mass is 35.5. The van der Waals surface area contributed by atoms with Crippen LogP contribution in [0.1, 0.15) is 5.89 Å². The van der Waals surface area contributed by atoms with Gasteiger partial charge >= 0.3 is 5.97 Å². The molecule has 2 heterocycles. The van der Waals surface area contributed by atoms with E-state index in [0.717, 1.165) is 0 Å². The number of aliphatic carboxylic acids is 1. The topological polar surface area (TPSA) is 98.3 Å². The van der Waals surface area contributed by atoms with Gasteiger partial charge in [-0.05, 0) is 24.3 Å². The molecule has 3 aromatic rings. The highest BCUT2D eigenvalue weighted by molar-refractivity contribution is 6.32. The minimum Gasteiger partial charge on any atom is -0.478 e. The van der Waals surface area contributed by atoms with Gasteiger partial charge in [0.05, 0.1) is 11.4 Å². The van der Waals surface area contributed by atoms with Crippen LogP contribution in [0.2, 0.25) is 5.02 Å². The van der Waals surface area contributed by atoms with Gasteiger partial charge in [-0.3, -0.25) is 0 Å². The first-order chi connectivity index (χ1) is 12.0. The Labute approximate surface area is 147 Å². The van der Waals surface area contributed by atoms with E-state index in [2.05, 4.69) is 21.7 Å². The molecular weight excluding hydrogens is 346 g/mol. The van der Waals surface area contributed by atoms with E-state index < -0.39 is 5.97 Å². The first-order valence-corrected chi connectivity index (χ1v) is 7.53. The Balaban J connectivity index is 1.78. The van der Waals surface area contributed by atoms with Gasteiger partial charge in [0, 0.05) is 23.4 Å². The number of rotatable bonds is 6. The Morgan fingerprint density at radius 1 is 1.32 bits per heavy atom. The number of aromatic nitrogens is 3. The molecule has 0 saturated carbocycles. The molecule has 0 fully saturated rings. The molecule has 0 aliphatic carbocycles. The highest BCUT2D eigenvalue weighted by Crippen LogP contribution is 2.32. The Kier molecular flexibility index (Phi) is 4.76. The maximum absolute atomic E-state index is 10.8. The summed E-state index contributed by atoms with van der Waals surface area (Å²) in [5.41, 5.74) is 0.571. The van der Waals surface area contributed by atoms with Gasteiger partial charge in [0.25, 0.3) is 0 Å². The molecule has 126 valence electrons. The first kappa shape index (κ1) is 16.7. The van der Waals surface area contributed by atoms with Crippen LogP contribution in [-0.2, 0) is 11.2 Å². The summed E-state index contributed by atoms with van der Waals surface area (Å²) < 4.78 is 10.6. The van der Waals surface area contributed by atoms with Crippen molar-refractivity contribution in [3.05, 3.63) is 65.7 Å². The summed E-state index contributed by atoms with van der Waals surface area (Å²) in [4.78, 5) is 19.0. The number of halogens is 1. The van der Waals surface area contributed by atoms with Crippen molar-refractivity contribution >= 4 is 17.6 Å². The number of ether oxygens (including phenoxy) is 1.